The van der Waals surface area contributed by atoms with E-state index in [-0.39, 0.29) is 6.42 Å². The van der Waals surface area contributed by atoms with Crippen molar-refractivity contribution in [3.05, 3.63) is 89.8 Å². The van der Waals surface area contributed by atoms with Crippen LogP contribution in [0.1, 0.15) is 84.0 Å². The van der Waals surface area contributed by atoms with Gasteiger partial charge in [-0.2, -0.15) is 8.78 Å². The van der Waals surface area contributed by atoms with Gasteiger partial charge in [-0.05, 0) is 32.1 Å². The zero-order valence-electron chi connectivity index (χ0n) is 21.5. The van der Waals surface area contributed by atoms with Crippen LogP contribution in [0.5, 0.6) is 5.75 Å². The third kappa shape index (κ3) is 13.8. The molecule has 204 valence electrons. The summed E-state index contributed by atoms with van der Waals surface area (Å²) >= 11 is 0. The molecular weight excluding hydrogens is 487 g/mol. The van der Waals surface area contributed by atoms with Crippen molar-refractivity contribution in [2.75, 3.05) is 0 Å². The average molecular weight is 525 g/mol. The fraction of sp³-hybridized carbons (Fsp3) is 0.433. The summed E-state index contributed by atoms with van der Waals surface area (Å²) < 4.78 is 70.7. The van der Waals surface area contributed by atoms with Gasteiger partial charge in [-0.3, -0.25) is 4.79 Å². The van der Waals surface area contributed by atoms with E-state index in [0.717, 1.165) is 38.5 Å². The second kappa shape index (κ2) is 20.1. The Hall–Kier alpha value is -2.96. The summed E-state index contributed by atoms with van der Waals surface area (Å²) in [5, 5.41) is 0. The molecule has 1 aromatic rings. The van der Waals surface area contributed by atoms with E-state index in [2.05, 4.69) is 29.9 Å². The number of unbranched alkanes of at least 4 members (excludes halogenated alkanes) is 9. The first kappa shape index (κ1) is 32.1. The van der Waals surface area contributed by atoms with Crippen molar-refractivity contribution in [1.29, 1.82) is 0 Å². The molecule has 0 unspecified atom stereocenters. The Morgan fingerprint density at radius 2 is 0.973 bits per heavy atom. The highest BCUT2D eigenvalue weighted by atomic mass is 19.2. The number of carbonyl (C=O) groups is 1. The van der Waals surface area contributed by atoms with Gasteiger partial charge in [-0.15, -0.1) is 0 Å². The molecule has 0 radical (unpaired) electrons. The number of hydrogen-bond acceptors (Lipinski definition) is 2. The molecule has 0 atom stereocenters. The van der Waals surface area contributed by atoms with Gasteiger partial charge in [0.2, 0.25) is 34.8 Å². The molecular formula is C30H37F5O2. The lowest BCUT2D eigenvalue weighted by Crippen LogP contribution is -2.13. The van der Waals surface area contributed by atoms with Crippen molar-refractivity contribution in [3.8, 4) is 5.75 Å². The van der Waals surface area contributed by atoms with E-state index in [1.165, 1.54) is 19.3 Å². The van der Waals surface area contributed by atoms with Gasteiger partial charge in [0.1, 0.15) is 0 Å². The standard InChI is InChI=1S/C30H37F5O2/c1-2-3-4-5-6-7-8-9-10-11-12-13-14-15-16-17-18-19-20-21-22-23-24(36)37-30-28(34)26(32)25(31)27(33)29(30)35/h6-15H,2-5,16-23H2,1H3/b7-6+,9-8+,11-10+,13-12+,15-14-. The molecule has 0 aromatic heterocycles. The molecule has 0 saturated carbocycles. The van der Waals surface area contributed by atoms with E-state index in [4.69, 9.17) is 0 Å². The third-order valence-electron chi connectivity index (χ3n) is 5.41. The second-order valence-electron chi connectivity index (χ2n) is 8.54. The van der Waals surface area contributed by atoms with Crippen LogP contribution < -0.4 is 4.74 Å². The van der Waals surface area contributed by atoms with Crippen LogP contribution in [0.4, 0.5) is 22.0 Å². The monoisotopic (exact) mass is 524 g/mol. The van der Waals surface area contributed by atoms with E-state index >= 15 is 0 Å². The van der Waals surface area contributed by atoms with E-state index in [1.807, 2.05) is 42.5 Å². The van der Waals surface area contributed by atoms with Gasteiger partial charge in [0.05, 0.1) is 0 Å². The molecule has 0 saturated heterocycles. The molecule has 2 nitrogen and oxygen atoms in total. The van der Waals surface area contributed by atoms with Crippen LogP contribution in [0.15, 0.2) is 60.8 Å². The van der Waals surface area contributed by atoms with Gasteiger partial charge in [0.25, 0.3) is 0 Å². The van der Waals surface area contributed by atoms with Gasteiger partial charge in [-0.25, -0.2) is 13.2 Å². The largest absolute Gasteiger partial charge is 0.420 e. The molecule has 0 amide bonds. The van der Waals surface area contributed by atoms with Crippen LogP contribution >= 0.6 is 0 Å². The highest BCUT2D eigenvalue weighted by Gasteiger charge is 2.28. The topological polar surface area (TPSA) is 26.3 Å². The minimum atomic E-state index is -2.29. The fourth-order valence-electron chi connectivity index (χ4n) is 3.32. The smallest absolute Gasteiger partial charge is 0.311 e. The molecule has 1 aromatic carbocycles. The molecule has 0 bridgehead atoms. The van der Waals surface area contributed by atoms with Crippen molar-refractivity contribution in [2.45, 2.75) is 84.0 Å². The van der Waals surface area contributed by atoms with Gasteiger partial charge >= 0.3 is 5.97 Å². The lowest BCUT2D eigenvalue weighted by molar-refractivity contribution is -0.135. The predicted octanol–water partition coefficient (Wildman–Crippen LogP) is 9.77. The van der Waals surface area contributed by atoms with Crippen LogP contribution in [-0.2, 0) is 4.79 Å². The Kier molecular flexibility index (Phi) is 17.5. The number of rotatable bonds is 18. The number of ether oxygens (including phenoxy) is 1. The van der Waals surface area contributed by atoms with Crippen molar-refractivity contribution in [2.24, 2.45) is 0 Å². The highest BCUT2D eigenvalue weighted by Crippen LogP contribution is 2.29. The summed E-state index contributed by atoms with van der Waals surface area (Å²) in [6.07, 6.45) is 31.0. The Morgan fingerprint density at radius 1 is 0.568 bits per heavy atom. The third-order valence-corrected chi connectivity index (χ3v) is 5.41. The Bertz CT molecular complexity index is 932. The summed E-state index contributed by atoms with van der Waals surface area (Å²) in [6.45, 7) is 2.20. The Morgan fingerprint density at radius 3 is 1.49 bits per heavy atom. The fourth-order valence-corrected chi connectivity index (χ4v) is 3.32. The second-order valence-corrected chi connectivity index (χ2v) is 8.54. The summed E-state index contributed by atoms with van der Waals surface area (Å²) in [7, 11) is 0. The number of hydrogen-bond donors (Lipinski definition) is 0. The molecule has 0 spiro atoms. The van der Waals surface area contributed by atoms with Gasteiger partial charge in [-0.1, -0.05) is 106 Å². The van der Waals surface area contributed by atoms with Gasteiger partial charge in [0.15, 0.2) is 0 Å². The lowest BCUT2D eigenvalue weighted by atomic mass is 10.1. The van der Waals surface area contributed by atoms with E-state index in [1.54, 1.807) is 0 Å². The van der Waals surface area contributed by atoms with Crippen LogP contribution in [0.2, 0.25) is 0 Å². The minimum Gasteiger partial charge on any atom is -0.420 e. The van der Waals surface area contributed by atoms with Crippen LogP contribution in [0.3, 0.4) is 0 Å². The number of halogens is 5. The molecule has 0 aliphatic carbocycles. The predicted molar refractivity (Wildman–Crippen MR) is 139 cm³/mol. The molecule has 37 heavy (non-hydrogen) atoms. The zero-order valence-corrected chi connectivity index (χ0v) is 21.5. The number of benzene rings is 1. The molecule has 7 heteroatoms. The van der Waals surface area contributed by atoms with Crippen LogP contribution in [0, 0.1) is 29.1 Å². The summed E-state index contributed by atoms with van der Waals surface area (Å²) in [5.41, 5.74) is 0. The first-order valence-corrected chi connectivity index (χ1v) is 12.9. The normalized spacial score (nSPS) is 12.4. The average Bonchev–Trinajstić information content (AvgIpc) is 2.89. The maximum Gasteiger partial charge on any atom is 0.311 e. The molecule has 1 rings (SSSR count). The molecule has 0 fully saturated rings. The van der Waals surface area contributed by atoms with Crippen molar-refractivity contribution < 1.29 is 31.5 Å². The number of esters is 1. The SMILES string of the molecule is CCCCC/C=C/C=C/C=C/C=C/C=C\CCCCCCCCC(=O)Oc1c(F)c(F)c(F)c(F)c1F. The maximum absolute atomic E-state index is 13.5. The first-order valence-electron chi connectivity index (χ1n) is 12.9. The van der Waals surface area contributed by atoms with Gasteiger partial charge in [0, 0.05) is 6.42 Å². The Labute approximate surface area is 217 Å². The van der Waals surface area contributed by atoms with Crippen molar-refractivity contribution >= 4 is 5.97 Å². The zero-order chi connectivity index (χ0) is 27.3. The summed E-state index contributed by atoms with van der Waals surface area (Å²) in [6, 6.07) is 0. The van der Waals surface area contributed by atoms with Crippen molar-refractivity contribution in [1.82, 2.24) is 0 Å². The van der Waals surface area contributed by atoms with Crippen LogP contribution in [0.25, 0.3) is 0 Å². The number of allylic oxidation sites excluding steroid dienone is 10. The minimum absolute atomic E-state index is 0.172. The summed E-state index contributed by atoms with van der Waals surface area (Å²) in [5.74, 6) is -13.5. The molecule has 0 heterocycles. The first-order chi connectivity index (χ1) is 17.9. The Balaban J connectivity index is 2.08. The number of carbonyl (C=O) groups excluding carboxylic acids is 1. The molecule has 0 N–H and O–H groups in total. The maximum atomic E-state index is 13.5. The molecule has 0 aliphatic heterocycles. The summed E-state index contributed by atoms with van der Waals surface area (Å²) in [4.78, 5) is 11.7. The quantitative estimate of drug-likeness (QED) is 0.0363. The lowest BCUT2D eigenvalue weighted by Gasteiger charge is -2.08. The van der Waals surface area contributed by atoms with E-state index in [0.29, 0.717) is 12.8 Å². The van der Waals surface area contributed by atoms with Crippen LogP contribution in [-0.4, -0.2) is 5.97 Å². The highest BCUT2D eigenvalue weighted by molar-refractivity contribution is 5.72. The van der Waals surface area contributed by atoms with E-state index < -0.39 is 40.8 Å². The van der Waals surface area contributed by atoms with Crippen molar-refractivity contribution in [3.63, 3.8) is 0 Å². The van der Waals surface area contributed by atoms with Gasteiger partial charge < -0.3 is 4.74 Å². The van der Waals surface area contributed by atoms with E-state index in [9.17, 15) is 26.7 Å². The molecule has 0 aliphatic rings.